The number of carbonyl (C=O) groups is 1. The lowest BCUT2D eigenvalue weighted by Gasteiger charge is -2.16. The van der Waals surface area contributed by atoms with Crippen molar-refractivity contribution < 1.29 is 4.79 Å². The second kappa shape index (κ2) is 5.16. The maximum Gasteiger partial charge on any atom is 0.219 e. The van der Waals surface area contributed by atoms with Crippen LogP contribution in [0.25, 0.3) is 0 Å². The van der Waals surface area contributed by atoms with Crippen LogP contribution in [0.4, 0.5) is 0 Å². The molecule has 0 radical (unpaired) electrons. The zero-order valence-electron chi connectivity index (χ0n) is 8.05. The summed E-state index contributed by atoms with van der Waals surface area (Å²) in [7, 11) is 1.85. The predicted molar refractivity (Wildman–Crippen MR) is 47.4 cm³/mol. The number of nitrogens with zero attached hydrogens (tertiary/aromatic N) is 1. The van der Waals surface area contributed by atoms with Gasteiger partial charge < -0.3 is 4.90 Å². The first-order valence-electron chi connectivity index (χ1n) is 4.29. The third-order valence-electron chi connectivity index (χ3n) is 2.19. The Morgan fingerprint density at radius 1 is 1.55 bits per heavy atom. The highest BCUT2D eigenvalue weighted by Crippen LogP contribution is 2.06. The van der Waals surface area contributed by atoms with Crippen LogP contribution in [0.1, 0.15) is 33.6 Å². The highest BCUT2D eigenvalue weighted by molar-refractivity contribution is 5.72. The van der Waals surface area contributed by atoms with Gasteiger partial charge in [0.25, 0.3) is 0 Å². The molecule has 0 rings (SSSR count). The Kier molecular flexibility index (Phi) is 4.92. The van der Waals surface area contributed by atoms with Crippen molar-refractivity contribution in [3.63, 3.8) is 0 Å². The monoisotopic (exact) mass is 157 g/mol. The summed E-state index contributed by atoms with van der Waals surface area (Å²) in [6.45, 7) is 6.90. The van der Waals surface area contributed by atoms with E-state index in [1.165, 1.54) is 6.42 Å². The summed E-state index contributed by atoms with van der Waals surface area (Å²) >= 11 is 0. The maximum absolute atomic E-state index is 10.8. The molecule has 0 N–H and O–H groups in total. The van der Waals surface area contributed by atoms with E-state index in [2.05, 4.69) is 13.8 Å². The van der Waals surface area contributed by atoms with Gasteiger partial charge in [-0.2, -0.15) is 0 Å². The molecule has 0 aromatic carbocycles. The highest BCUT2D eigenvalue weighted by atomic mass is 16.2. The summed E-state index contributed by atoms with van der Waals surface area (Å²) in [5.41, 5.74) is 0. The first-order chi connectivity index (χ1) is 5.07. The van der Waals surface area contributed by atoms with Gasteiger partial charge in [0.05, 0.1) is 0 Å². The molecule has 11 heavy (non-hydrogen) atoms. The number of amides is 1. The van der Waals surface area contributed by atoms with Crippen molar-refractivity contribution >= 4 is 5.91 Å². The van der Waals surface area contributed by atoms with E-state index in [0.29, 0.717) is 0 Å². The molecule has 0 aliphatic carbocycles. The molecule has 0 spiro atoms. The average Bonchev–Trinajstić information content (AvgIpc) is 1.99. The lowest BCUT2D eigenvalue weighted by atomic mass is 10.1. The Labute approximate surface area is 69.6 Å². The van der Waals surface area contributed by atoms with Crippen LogP contribution >= 0.6 is 0 Å². The van der Waals surface area contributed by atoms with Crippen molar-refractivity contribution in [2.24, 2.45) is 5.92 Å². The molecule has 1 amide bonds. The molecule has 66 valence electrons. The fraction of sp³-hybridized carbons (Fsp3) is 0.889. The first kappa shape index (κ1) is 10.5. The second-order valence-electron chi connectivity index (χ2n) is 3.24. The van der Waals surface area contributed by atoms with Crippen LogP contribution in [0.15, 0.2) is 0 Å². The molecule has 0 heterocycles. The molecule has 0 fully saturated rings. The van der Waals surface area contributed by atoms with E-state index in [0.717, 1.165) is 18.9 Å². The standard InChI is InChI=1S/C9H19NO/c1-5-8(2)6-7-10(4)9(3)11/h8H,5-7H2,1-4H3. The smallest absolute Gasteiger partial charge is 0.219 e. The van der Waals surface area contributed by atoms with Crippen molar-refractivity contribution in [3.8, 4) is 0 Å². The Bertz CT molecular complexity index is 123. The fourth-order valence-electron chi connectivity index (χ4n) is 0.776. The van der Waals surface area contributed by atoms with Gasteiger partial charge in [-0.1, -0.05) is 20.3 Å². The van der Waals surface area contributed by atoms with Gasteiger partial charge in [-0.3, -0.25) is 4.79 Å². The average molecular weight is 157 g/mol. The van der Waals surface area contributed by atoms with Crippen LogP contribution < -0.4 is 0 Å². The third kappa shape index (κ3) is 4.82. The zero-order chi connectivity index (χ0) is 8.85. The number of carbonyl (C=O) groups excluding carboxylic acids is 1. The third-order valence-corrected chi connectivity index (χ3v) is 2.19. The van der Waals surface area contributed by atoms with E-state index in [1.54, 1.807) is 11.8 Å². The van der Waals surface area contributed by atoms with E-state index < -0.39 is 0 Å². The molecule has 0 aromatic heterocycles. The van der Waals surface area contributed by atoms with Gasteiger partial charge in [0, 0.05) is 20.5 Å². The molecule has 0 aliphatic heterocycles. The van der Waals surface area contributed by atoms with Crippen molar-refractivity contribution in [3.05, 3.63) is 0 Å². The minimum Gasteiger partial charge on any atom is -0.346 e. The molecule has 0 bridgehead atoms. The van der Waals surface area contributed by atoms with Crippen molar-refractivity contribution in [1.82, 2.24) is 4.90 Å². The van der Waals surface area contributed by atoms with Crippen molar-refractivity contribution in [2.45, 2.75) is 33.6 Å². The largest absolute Gasteiger partial charge is 0.346 e. The fourth-order valence-corrected chi connectivity index (χ4v) is 0.776. The molecular weight excluding hydrogens is 138 g/mol. The summed E-state index contributed by atoms with van der Waals surface area (Å²) in [5.74, 6) is 0.894. The van der Waals surface area contributed by atoms with Gasteiger partial charge >= 0.3 is 0 Å². The van der Waals surface area contributed by atoms with Gasteiger partial charge in [-0.15, -0.1) is 0 Å². The van der Waals surface area contributed by atoms with Gasteiger partial charge in [0.1, 0.15) is 0 Å². The molecule has 1 unspecified atom stereocenters. The molecule has 1 atom stereocenters. The molecule has 0 saturated carbocycles. The van der Waals surface area contributed by atoms with Crippen LogP contribution in [0, 0.1) is 5.92 Å². The molecule has 0 aromatic rings. The van der Waals surface area contributed by atoms with Crippen molar-refractivity contribution in [2.75, 3.05) is 13.6 Å². The highest BCUT2D eigenvalue weighted by Gasteiger charge is 2.03. The first-order valence-corrected chi connectivity index (χ1v) is 4.29. The summed E-state index contributed by atoms with van der Waals surface area (Å²) < 4.78 is 0. The molecular formula is C9H19NO. The summed E-state index contributed by atoms with van der Waals surface area (Å²) in [4.78, 5) is 12.5. The number of hydrogen-bond acceptors (Lipinski definition) is 1. The van der Waals surface area contributed by atoms with Crippen LogP contribution in [0.5, 0.6) is 0 Å². The van der Waals surface area contributed by atoms with Crippen LogP contribution in [-0.4, -0.2) is 24.4 Å². The topological polar surface area (TPSA) is 20.3 Å². The lowest BCUT2D eigenvalue weighted by molar-refractivity contribution is -0.127. The number of hydrogen-bond donors (Lipinski definition) is 0. The van der Waals surface area contributed by atoms with E-state index >= 15 is 0 Å². The van der Waals surface area contributed by atoms with Crippen LogP contribution in [0.2, 0.25) is 0 Å². The van der Waals surface area contributed by atoms with Crippen molar-refractivity contribution in [1.29, 1.82) is 0 Å². The Hall–Kier alpha value is -0.530. The minimum atomic E-state index is 0.160. The van der Waals surface area contributed by atoms with Gasteiger partial charge in [-0.25, -0.2) is 0 Å². The Morgan fingerprint density at radius 3 is 2.45 bits per heavy atom. The van der Waals surface area contributed by atoms with Gasteiger partial charge in [-0.05, 0) is 12.3 Å². The second-order valence-corrected chi connectivity index (χ2v) is 3.24. The van der Waals surface area contributed by atoms with Crippen LogP contribution in [-0.2, 0) is 4.79 Å². The van der Waals surface area contributed by atoms with Crippen LogP contribution in [0.3, 0.4) is 0 Å². The SMILES string of the molecule is CCC(C)CCN(C)C(C)=O. The van der Waals surface area contributed by atoms with E-state index in [-0.39, 0.29) is 5.91 Å². The quantitative estimate of drug-likeness (QED) is 0.610. The van der Waals surface area contributed by atoms with E-state index in [1.807, 2.05) is 7.05 Å². The molecule has 2 nitrogen and oxygen atoms in total. The van der Waals surface area contributed by atoms with Gasteiger partial charge in [0.2, 0.25) is 5.91 Å². The normalized spacial score (nSPS) is 12.7. The summed E-state index contributed by atoms with van der Waals surface area (Å²) in [6, 6.07) is 0. The lowest BCUT2D eigenvalue weighted by Crippen LogP contribution is -2.25. The summed E-state index contributed by atoms with van der Waals surface area (Å²) in [6.07, 6.45) is 2.32. The van der Waals surface area contributed by atoms with E-state index in [4.69, 9.17) is 0 Å². The predicted octanol–water partition coefficient (Wildman–Crippen LogP) is 1.90. The van der Waals surface area contributed by atoms with E-state index in [9.17, 15) is 4.79 Å². The summed E-state index contributed by atoms with van der Waals surface area (Å²) in [5, 5.41) is 0. The maximum atomic E-state index is 10.8. The Morgan fingerprint density at radius 2 is 2.09 bits per heavy atom. The number of rotatable bonds is 4. The van der Waals surface area contributed by atoms with Gasteiger partial charge in [0.15, 0.2) is 0 Å². The molecule has 2 heteroatoms. The molecule has 0 aliphatic rings. The molecule has 0 saturated heterocycles. The zero-order valence-corrected chi connectivity index (χ0v) is 8.05. The Balaban J connectivity index is 3.45. The minimum absolute atomic E-state index is 0.160.